The highest BCUT2D eigenvalue weighted by Gasteiger charge is 2.37. The van der Waals surface area contributed by atoms with Gasteiger partial charge < -0.3 is 29.9 Å². The second-order valence-electron chi connectivity index (χ2n) is 15.2. The van der Waals surface area contributed by atoms with Crippen LogP contribution < -0.4 is 5.32 Å². The van der Waals surface area contributed by atoms with Crippen LogP contribution in [-0.4, -0.2) is 100 Å². The first-order chi connectivity index (χ1) is 24.5. The van der Waals surface area contributed by atoms with E-state index in [1.54, 1.807) is 45.8 Å². The van der Waals surface area contributed by atoms with Crippen molar-refractivity contribution in [2.45, 2.75) is 96.1 Å². The SMILES string of the molecule is CN(C(=O)/C=C/CC(C)(C)NC(=O)OC(C)(C)C)[C@H](Cc1ccc(-c2ccccc2)cc1)C(=O)N(C)[C@H](Cc1cccs1)C(=O)N1CCC(O)CC1. The number of piperidine rings is 1. The maximum absolute atomic E-state index is 14.6. The summed E-state index contributed by atoms with van der Waals surface area (Å²) in [7, 11) is 3.25. The highest BCUT2D eigenvalue weighted by molar-refractivity contribution is 7.09. The van der Waals surface area contributed by atoms with Crippen molar-refractivity contribution in [3.63, 3.8) is 0 Å². The van der Waals surface area contributed by atoms with E-state index in [2.05, 4.69) is 5.32 Å². The molecule has 4 rings (SSSR count). The van der Waals surface area contributed by atoms with E-state index in [1.165, 1.54) is 27.2 Å². The topological polar surface area (TPSA) is 119 Å². The van der Waals surface area contributed by atoms with E-state index in [0.717, 1.165) is 21.6 Å². The fraction of sp³-hybridized carbons (Fsp3) is 0.463. The number of nitrogens with one attached hydrogen (secondary N) is 1. The minimum Gasteiger partial charge on any atom is -0.444 e. The number of thiophene rings is 1. The number of alkyl carbamates (subject to hydrolysis) is 1. The van der Waals surface area contributed by atoms with Gasteiger partial charge in [0.15, 0.2) is 0 Å². The number of aliphatic hydroxyl groups excluding tert-OH is 1. The predicted octanol–water partition coefficient (Wildman–Crippen LogP) is 6.09. The molecule has 1 saturated heterocycles. The second-order valence-corrected chi connectivity index (χ2v) is 16.2. The number of carbonyl (C=O) groups is 4. The molecule has 0 radical (unpaired) electrons. The van der Waals surface area contributed by atoms with Crippen LogP contribution in [0.3, 0.4) is 0 Å². The van der Waals surface area contributed by atoms with Crippen molar-refractivity contribution >= 4 is 35.2 Å². The molecule has 1 aliphatic rings. The summed E-state index contributed by atoms with van der Waals surface area (Å²) in [6.45, 7) is 9.89. The summed E-state index contributed by atoms with van der Waals surface area (Å²) in [6.07, 6.45) is 4.01. The number of hydrogen-bond donors (Lipinski definition) is 2. The Hall–Kier alpha value is -4.48. The highest BCUT2D eigenvalue weighted by atomic mass is 32.1. The molecule has 2 aromatic carbocycles. The summed E-state index contributed by atoms with van der Waals surface area (Å²) in [4.78, 5) is 60.4. The summed E-state index contributed by atoms with van der Waals surface area (Å²) in [5.41, 5.74) is 1.63. The number of carbonyl (C=O) groups excluding carboxylic acids is 4. The standard InChI is InChI=1S/C41H54N4O6S/c1-40(2,3)51-39(50)42-41(4,5)23-11-16-36(47)43(6)34(27-29-17-19-31(20-18-29)30-13-9-8-10-14-30)37(48)44(7)35(28-33-15-12-26-52-33)38(49)45-24-21-32(46)22-25-45/h8-20,26,32,34-35,46H,21-25,27-28H2,1-7H3,(H,42,50)/b16-11+/t34-,35-/m1/s1. The second kappa shape index (κ2) is 17.8. The third-order valence-electron chi connectivity index (χ3n) is 9.17. The van der Waals surface area contributed by atoms with Gasteiger partial charge in [0.05, 0.1) is 6.10 Å². The quantitative estimate of drug-likeness (QED) is 0.206. The summed E-state index contributed by atoms with van der Waals surface area (Å²) in [5, 5.41) is 14.9. The van der Waals surface area contributed by atoms with Gasteiger partial charge >= 0.3 is 6.09 Å². The number of hydrogen-bond acceptors (Lipinski definition) is 7. The summed E-state index contributed by atoms with van der Waals surface area (Å²) < 4.78 is 5.39. The minimum atomic E-state index is -0.917. The van der Waals surface area contributed by atoms with Gasteiger partial charge in [0.1, 0.15) is 17.7 Å². The number of nitrogens with zero attached hydrogens (tertiary/aromatic N) is 3. The van der Waals surface area contributed by atoms with Crippen LogP contribution in [0.5, 0.6) is 0 Å². The Balaban J connectivity index is 1.58. The van der Waals surface area contributed by atoms with Crippen LogP contribution in [0, 0.1) is 0 Å². The van der Waals surface area contributed by atoms with Gasteiger partial charge in [-0.25, -0.2) is 4.79 Å². The lowest BCUT2D eigenvalue weighted by atomic mass is 9.98. The first-order valence-electron chi connectivity index (χ1n) is 17.9. The van der Waals surface area contributed by atoms with Crippen molar-refractivity contribution < 1.29 is 29.0 Å². The zero-order valence-corrected chi connectivity index (χ0v) is 32.3. The van der Waals surface area contributed by atoms with Gasteiger partial charge in [0, 0.05) is 50.4 Å². The van der Waals surface area contributed by atoms with E-state index in [9.17, 15) is 24.3 Å². The summed E-state index contributed by atoms with van der Waals surface area (Å²) >= 11 is 1.53. The molecule has 1 fully saturated rings. The predicted molar refractivity (Wildman–Crippen MR) is 206 cm³/mol. The first kappa shape index (κ1) is 40.3. The van der Waals surface area contributed by atoms with Gasteiger partial charge in [-0.05, 0) is 88.1 Å². The van der Waals surface area contributed by atoms with Gasteiger partial charge in [0.25, 0.3) is 0 Å². The highest BCUT2D eigenvalue weighted by Crippen LogP contribution is 2.23. The lowest BCUT2D eigenvalue weighted by Crippen LogP contribution is -2.57. The lowest BCUT2D eigenvalue weighted by molar-refractivity contribution is -0.150. The van der Waals surface area contributed by atoms with Gasteiger partial charge in [-0.2, -0.15) is 0 Å². The molecule has 52 heavy (non-hydrogen) atoms. The molecular weight excluding hydrogens is 677 g/mol. The number of likely N-dealkylation sites (tertiary alicyclic amines) is 1. The average Bonchev–Trinajstić information content (AvgIpc) is 3.61. The Morgan fingerprint density at radius 3 is 2.12 bits per heavy atom. The molecule has 2 N–H and O–H groups in total. The molecule has 4 amide bonds. The van der Waals surface area contributed by atoms with E-state index in [4.69, 9.17) is 4.74 Å². The molecule has 11 heteroatoms. The summed E-state index contributed by atoms with van der Waals surface area (Å²) in [5.74, 6) is -0.905. The molecule has 0 bridgehead atoms. The molecule has 2 heterocycles. The van der Waals surface area contributed by atoms with E-state index in [1.807, 2.05) is 86.0 Å². The average molecular weight is 731 g/mol. The normalized spacial score (nSPS) is 15.2. The Morgan fingerprint density at radius 2 is 1.52 bits per heavy atom. The molecule has 280 valence electrons. The fourth-order valence-corrected chi connectivity index (χ4v) is 6.87. The van der Waals surface area contributed by atoms with Crippen LogP contribution in [0.1, 0.15) is 64.3 Å². The number of rotatable bonds is 13. The van der Waals surface area contributed by atoms with Gasteiger partial charge in [0.2, 0.25) is 17.7 Å². The Morgan fingerprint density at radius 1 is 0.885 bits per heavy atom. The van der Waals surface area contributed by atoms with Gasteiger partial charge in [-0.15, -0.1) is 11.3 Å². The number of amides is 4. The number of likely N-dealkylation sites (N-methyl/N-ethyl adjacent to an activating group) is 2. The van der Waals surface area contributed by atoms with E-state index in [-0.39, 0.29) is 24.1 Å². The zero-order valence-electron chi connectivity index (χ0n) is 31.5. The van der Waals surface area contributed by atoms with E-state index < -0.39 is 35.4 Å². The first-order valence-corrected chi connectivity index (χ1v) is 18.8. The molecule has 2 atom stereocenters. The zero-order chi connectivity index (χ0) is 38.1. The smallest absolute Gasteiger partial charge is 0.408 e. The third-order valence-corrected chi connectivity index (χ3v) is 10.1. The monoisotopic (exact) mass is 730 g/mol. The van der Waals surface area contributed by atoms with Crippen molar-refractivity contribution in [1.29, 1.82) is 0 Å². The number of benzene rings is 2. The number of aliphatic hydroxyl groups is 1. The Bertz CT molecular complexity index is 1660. The molecule has 1 aliphatic heterocycles. The fourth-order valence-electron chi connectivity index (χ4n) is 6.13. The van der Waals surface area contributed by atoms with Crippen molar-refractivity contribution in [2.75, 3.05) is 27.2 Å². The molecule has 0 unspecified atom stereocenters. The van der Waals surface area contributed by atoms with Crippen molar-refractivity contribution in [2.24, 2.45) is 0 Å². The largest absolute Gasteiger partial charge is 0.444 e. The maximum atomic E-state index is 14.6. The Labute approximate surface area is 312 Å². The van der Waals surface area contributed by atoms with Crippen LogP contribution in [0.25, 0.3) is 11.1 Å². The molecular formula is C41H54N4O6S. The van der Waals surface area contributed by atoms with Crippen molar-refractivity contribution in [3.8, 4) is 11.1 Å². The summed E-state index contributed by atoms with van der Waals surface area (Å²) in [6, 6.07) is 20.1. The molecule has 1 aromatic heterocycles. The third kappa shape index (κ3) is 11.8. The van der Waals surface area contributed by atoms with E-state index >= 15 is 0 Å². The molecule has 10 nitrogen and oxygen atoms in total. The van der Waals surface area contributed by atoms with Crippen LogP contribution in [-0.2, 0) is 32.0 Å². The molecule has 0 spiro atoms. The lowest BCUT2D eigenvalue weighted by Gasteiger charge is -2.38. The molecule has 0 aliphatic carbocycles. The van der Waals surface area contributed by atoms with Gasteiger partial charge in [-0.1, -0.05) is 66.7 Å². The van der Waals surface area contributed by atoms with Crippen LogP contribution in [0.15, 0.2) is 84.3 Å². The van der Waals surface area contributed by atoms with Gasteiger partial charge in [-0.3, -0.25) is 14.4 Å². The Kier molecular flexibility index (Phi) is 13.8. The minimum absolute atomic E-state index is 0.171. The number of ether oxygens (including phenoxy) is 1. The van der Waals surface area contributed by atoms with Crippen LogP contribution >= 0.6 is 11.3 Å². The molecule has 3 aromatic rings. The van der Waals surface area contributed by atoms with E-state index in [0.29, 0.717) is 38.8 Å². The van der Waals surface area contributed by atoms with Crippen molar-refractivity contribution in [1.82, 2.24) is 20.0 Å². The van der Waals surface area contributed by atoms with Crippen LogP contribution in [0.2, 0.25) is 0 Å². The van der Waals surface area contributed by atoms with Crippen molar-refractivity contribution in [3.05, 3.63) is 94.7 Å². The molecule has 0 saturated carbocycles. The van der Waals surface area contributed by atoms with Crippen LogP contribution in [0.4, 0.5) is 4.79 Å². The maximum Gasteiger partial charge on any atom is 0.408 e.